The van der Waals surface area contributed by atoms with Crippen LogP contribution in [0.2, 0.25) is 5.02 Å². The highest BCUT2D eigenvalue weighted by Crippen LogP contribution is 2.33. The molecule has 32 heavy (non-hydrogen) atoms. The molecule has 0 aliphatic carbocycles. The summed E-state index contributed by atoms with van der Waals surface area (Å²) >= 11 is 6.39. The van der Waals surface area contributed by atoms with Crippen molar-refractivity contribution in [1.82, 2.24) is 14.1 Å². The van der Waals surface area contributed by atoms with Crippen LogP contribution < -0.4 is 16.2 Å². The van der Waals surface area contributed by atoms with Crippen molar-refractivity contribution >= 4 is 38.3 Å². The van der Waals surface area contributed by atoms with Gasteiger partial charge in [-0.15, -0.1) is 0 Å². The zero-order chi connectivity index (χ0) is 23.2. The van der Waals surface area contributed by atoms with E-state index >= 15 is 0 Å². The lowest BCUT2D eigenvalue weighted by Gasteiger charge is -2.33. The van der Waals surface area contributed by atoms with E-state index < -0.39 is 15.4 Å². The molecular formula is C21H23ClN6O3S. The number of benzene rings is 1. The van der Waals surface area contributed by atoms with Crippen LogP contribution >= 0.6 is 11.6 Å². The Hall–Kier alpha value is -2.87. The van der Waals surface area contributed by atoms with Gasteiger partial charge >= 0.3 is 0 Å². The summed E-state index contributed by atoms with van der Waals surface area (Å²) in [6.07, 6.45) is 2.68. The van der Waals surface area contributed by atoms with Crippen molar-refractivity contribution in [1.29, 1.82) is 5.26 Å². The molecule has 1 saturated heterocycles. The summed E-state index contributed by atoms with van der Waals surface area (Å²) in [7, 11) is -2.44. The summed E-state index contributed by atoms with van der Waals surface area (Å²) < 4.78 is 27.3. The fraction of sp³-hybridized carbons (Fsp3) is 0.381. The molecule has 0 saturated carbocycles. The Morgan fingerprint density at radius 1 is 1.34 bits per heavy atom. The molecule has 0 unspecified atom stereocenters. The molecule has 0 radical (unpaired) electrons. The second-order valence-electron chi connectivity index (χ2n) is 8.06. The van der Waals surface area contributed by atoms with Crippen LogP contribution in [-0.4, -0.2) is 47.9 Å². The average Bonchev–Trinajstić information content (AvgIpc) is 3.04. The van der Waals surface area contributed by atoms with Gasteiger partial charge in [-0.3, -0.25) is 9.36 Å². The number of sulfone groups is 1. The molecule has 3 aromatic rings. The van der Waals surface area contributed by atoms with E-state index in [1.54, 1.807) is 10.6 Å². The number of nitrogens with zero attached hydrogens (tertiary/aromatic N) is 5. The molecule has 0 amide bonds. The molecule has 2 N–H and O–H groups in total. The van der Waals surface area contributed by atoms with Gasteiger partial charge in [0, 0.05) is 37.5 Å². The molecule has 1 atom stereocenters. The molecule has 1 aliphatic heterocycles. The number of halogens is 1. The molecule has 4 rings (SSSR count). The maximum Gasteiger partial charge on any atom is 0.278 e. The lowest BCUT2D eigenvalue weighted by atomic mass is 10.1. The zero-order valence-electron chi connectivity index (χ0n) is 17.7. The van der Waals surface area contributed by atoms with Gasteiger partial charge in [0.2, 0.25) is 15.0 Å². The standard InChI is InChI=1S/C21H23ClN6O3S/c1-26-20(29)18-17(25-21(26)32(2,30)31)15(10-23)19(27-9-5-7-14(24)12-27)28(18)11-13-6-3-4-8-16(13)22/h3-4,6,8,14H,5,7,9,11-12,24H2,1-2H3/t14-/m1/s1. The predicted octanol–water partition coefficient (Wildman–Crippen LogP) is 1.64. The van der Waals surface area contributed by atoms with E-state index in [-0.39, 0.29) is 34.3 Å². The predicted molar refractivity (Wildman–Crippen MR) is 123 cm³/mol. The minimum absolute atomic E-state index is 0.0669. The van der Waals surface area contributed by atoms with Gasteiger partial charge in [-0.05, 0) is 24.5 Å². The number of nitrogens with two attached hydrogens (primary N) is 1. The summed E-state index contributed by atoms with van der Waals surface area (Å²) in [5.74, 6) is 0.507. The van der Waals surface area contributed by atoms with Gasteiger partial charge in [0.1, 0.15) is 28.5 Å². The summed E-state index contributed by atoms with van der Waals surface area (Å²) in [5, 5.41) is 10.2. The van der Waals surface area contributed by atoms with E-state index in [9.17, 15) is 18.5 Å². The Kier molecular flexibility index (Phi) is 5.75. The third kappa shape index (κ3) is 3.77. The number of nitriles is 1. The van der Waals surface area contributed by atoms with Crippen molar-refractivity contribution in [3.05, 3.63) is 50.8 Å². The molecule has 1 fully saturated rings. The quantitative estimate of drug-likeness (QED) is 0.569. The molecule has 0 spiro atoms. The molecule has 1 aromatic carbocycles. The largest absolute Gasteiger partial charge is 0.355 e. The van der Waals surface area contributed by atoms with Crippen LogP contribution in [0.5, 0.6) is 0 Å². The smallest absolute Gasteiger partial charge is 0.278 e. The number of rotatable bonds is 4. The molecule has 168 valence electrons. The number of hydrogen-bond acceptors (Lipinski definition) is 7. The molecular weight excluding hydrogens is 452 g/mol. The number of hydrogen-bond donors (Lipinski definition) is 1. The Labute approximate surface area is 190 Å². The van der Waals surface area contributed by atoms with E-state index in [1.165, 1.54) is 7.05 Å². The summed E-state index contributed by atoms with van der Waals surface area (Å²) in [6, 6.07) is 9.32. The first kappa shape index (κ1) is 22.3. The summed E-state index contributed by atoms with van der Waals surface area (Å²) in [4.78, 5) is 19.6. The van der Waals surface area contributed by atoms with Crippen molar-refractivity contribution in [2.24, 2.45) is 12.8 Å². The molecule has 9 nitrogen and oxygen atoms in total. The molecule has 2 aromatic heterocycles. The van der Waals surface area contributed by atoms with Crippen molar-refractivity contribution in [3.63, 3.8) is 0 Å². The lowest BCUT2D eigenvalue weighted by Crippen LogP contribution is -2.44. The maximum absolute atomic E-state index is 13.4. The van der Waals surface area contributed by atoms with E-state index in [0.29, 0.717) is 23.9 Å². The Morgan fingerprint density at radius 3 is 2.69 bits per heavy atom. The van der Waals surface area contributed by atoms with Gasteiger partial charge in [-0.2, -0.15) is 5.26 Å². The van der Waals surface area contributed by atoms with E-state index in [0.717, 1.165) is 29.2 Å². The SMILES string of the molecule is Cn1c(S(C)(=O)=O)nc2c(C#N)c(N3CCC[C@@H](N)C3)n(Cc3ccccc3Cl)c2c1=O. The first-order chi connectivity index (χ1) is 15.1. The normalized spacial score (nSPS) is 17.0. The van der Waals surface area contributed by atoms with Gasteiger partial charge in [0.25, 0.3) is 5.56 Å². The fourth-order valence-electron chi connectivity index (χ4n) is 4.25. The van der Waals surface area contributed by atoms with Crippen LogP contribution in [0.3, 0.4) is 0 Å². The van der Waals surface area contributed by atoms with Gasteiger partial charge in [-0.25, -0.2) is 13.4 Å². The van der Waals surface area contributed by atoms with E-state index in [4.69, 9.17) is 17.3 Å². The van der Waals surface area contributed by atoms with Crippen LogP contribution in [0.1, 0.15) is 24.0 Å². The number of aromatic nitrogens is 3. The summed E-state index contributed by atoms with van der Waals surface area (Å²) in [6.45, 7) is 1.38. The van der Waals surface area contributed by atoms with Crippen LogP contribution in [-0.2, 0) is 23.4 Å². The Bertz CT molecular complexity index is 1420. The minimum atomic E-state index is -3.80. The molecule has 3 heterocycles. The second kappa shape index (κ2) is 8.24. The molecule has 1 aliphatic rings. The van der Waals surface area contributed by atoms with Crippen molar-refractivity contribution < 1.29 is 8.42 Å². The van der Waals surface area contributed by atoms with Gasteiger partial charge in [0.05, 0.1) is 6.54 Å². The third-order valence-corrected chi connectivity index (χ3v) is 7.10. The minimum Gasteiger partial charge on any atom is -0.355 e. The first-order valence-corrected chi connectivity index (χ1v) is 12.4. The van der Waals surface area contributed by atoms with Crippen LogP contribution in [0.25, 0.3) is 11.0 Å². The zero-order valence-corrected chi connectivity index (χ0v) is 19.3. The first-order valence-electron chi connectivity index (χ1n) is 10.1. The second-order valence-corrected chi connectivity index (χ2v) is 10.4. The average molecular weight is 475 g/mol. The van der Waals surface area contributed by atoms with Crippen molar-refractivity contribution in [3.8, 4) is 6.07 Å². The fourth-order valence-corrected chi connectivity index (χ4v) is 5.28. The van der Waals surface area contributed by atoms with Crippen molar-refractivity contribution in [2.45, 2.75) is 30.6 Å². The van der Waals surface area contributed by atoms with Crippen LogP contribution in [0.4, 0.5) is 5.82 Å². The van der Waals surface area contributed by atoms with Gasteiger partial charge in [0.15, 0.2) is 0 Å². The number of anilines is 1. The van der Waals surface area contributed by atoms with Gasteiger partial charge < -0.3 is 15.2 Å². The Balaban J connectivity index is 2.09. The van der Waals surface area contributed by atoms with Crippen molar-refractivity contribution in [2.75, 3.05) is 24.2 Å². The highest BCUT2D eigenvalue weighted by molar-refractivity contribution is 7.90. The molecule has 0 bridgehead atoms. The van der Waals surface area contributed by atoms with Gasteiger partial charge in [-0.1, -0.05) is 29.8 Å². The number of piperidine rings is 1. The highest BCUT2D eigenvalue weighted by atomic mass is 35.5. The molecule has 11 heteroatoms. The van der Waals surface area contributed by atoms with E-state index in [1.807, 2.05) is 23.1 Å². The lowest BCUT2D eigenvalue weighted by molar-refractivity contribution is 0.498. The summed E-state index contributed by atoms with van der Waals surface area (Å²) in [5.41, 5.74) is 6.78. The number of fused-ring (bicyclic) bond motifs is 1. The maximum atomic E-state index is 13.4. The monoisotopic (exact) mass is 474 g/mol. The topological polar surface area (TPSA) is 127 Å². The Morgan fingerprint density at radius 2 is 2.06 bits per heavy atom. The third-order valence-electron chi connectivity index (χ3n) is 5.70. The van der Waals surface area contributed by atoms with E-state index in [2.05, 4.69) is 11.1 Å². The highest BCUT2D eigenvalue weighted by Gasteiger charge is 2.30. The van der Waals surface area contributed by atoms with Crippen LogP contribution in [0.15, 0.2) is 34.2 Å². The van der Waals surface area contributed by atoms with Crippen LogP contribution in [0, 0.1) is 11.3 Å².